The number of hydrogen-bond donors (Lipinski definition) is 2. The van der Waals surface area contributed by atoms with Crippen molar-refractivity contribution in [1.29, 1.82) is 0 Å². The first-order chi connectivity index (χ1) is 9.15. The topological polar surface area (TPSA) is 54.4 Å². The van der Waals surface area contributed by atoms with Crippen LogP contribution < -0.4 is 5.32 Å². The number of rotatable bonds is 5. The average molecular weight is 264 g/mol. The molecule has 106 valence electrons. The van der Waals surface area contributed by atoms with E-state index in [2.05, 4.69) is 36.3 Å². The summed E-state index contributed by atoms with van der Waals surface area (Å²) >= 11 is 0. The number of ether oxygens (including phenoxy) is 1. The first kappa shape index (κ1) is 14.4. The predicted molar refractivity (Wildman–Crippen MR) is 74.8 cm³/mol. The minimum atomic E-state index is -0.401. The Morgan fingerprint density at radius 2 is 2.32 bits per heavy atom. The van der Waals surface area contributed by atoms with Crippen LogP contribution >= 0.6 is 0 Å². The largest absolute Gasteiger partial charge is 0.389 e. The Morgan fingerprint density at radius 1 is 1.47 bits per heavy atom. The van der Waals surface area contributed by atoms with Gasteiger partial charge in [0, 0.05) is 31.1 Å². The van der Waals surface area contributed by atoms with Crippen molar-refractivity contribution < 1.29 is 9.84 Å². The SMILES string of the molecule is CC(C)Cc1ccc(CN[C@@H]2CCOC[C@H]2O)cn1. The highest BCUT2D eigenvalue weighted by atomic mass is 16.5. The molecule has 1 aromatic rings. The third-order valence-electron chi connectivity index (χ3n) is 3.40. The lowest BCUT2D eigenvalue weighted by Crippen LogP contribution is -2.46. The van der Waals surface area contributed by atoms with E-state index in [1.165, 1.54) is 0 Å². The van der Waals surface area contributed by atoms with Crippen LogP contribution in [-0.4, -0.2) is 35.5 Å². The predicted octanol–water partition coefficient (Wildman–Crippen LogP) is 1.52. The third kappa shape index (κ3) is 4.56. The molecular weight excluding hydrogens is 240 g/mol. The van der Waals surface area contributed by atoms with Gasteiger partial charge in [-0.1, -0.05) is 19.9 Å². The van der Waals surface area contributed by atoms with Crippen LogP contribution in [0.25, 0.3) is 0 Å². The first-order valence-corrected chi connectivity index (χ1v) is 7.08. The van der Waals surface area contributed by atoms with Gasteiger partial charge in [-0.2, -0.15) is 0 Å². The quantitative estimate of drug-likeness (QED) is 0.846. The summed E-state index contributed by atoms with van der Waals surface area (Å²) in [6.45, 7) is 6.30. The Bertz CT molecular complexity index is 378. The molecule has 2 heterocycles. The van der Waals surface area contributed by atoms with Gasteiger partial charge in [-0.05, 0) is 30.4 Å². The molecule has 0 radical (unpaired) electrons. The van der Waals surface area contributed by atoms with Gasteiger partial charge in [-0.3, -0.25) is 4.98 Å². The van der Waals surface area contributed by atoms with E-state index in [9.17, 15) is 5.11 Å². The molecule has 0 amide bonds. The Labute approximate surface area is 115 Å². The molecule has 0 saturated carbocycles. The molecule has 1 aromatic heterocycles. The standard InChI is InChI=1S/C15H24N2O2/c1-11(2)7-13-4-3-12(8-16-13)9-17-14-5-6-19-10-15(14)18/h3-4,8,11,14-15,17-18H,5-7,9-10H2,1-2H3/t14-,15-/m1/s1. The summed E-state index contributed by atoms with van der Waals surface area (Å²) in [5.74, 6) is 0.633. The fraction of sp³-hybridized carbons (Fsp3) is 0.667. The molecular formula is C15H24N2O2. The fourth-order valence-corrected chi connectivity index (χ4v) is 2.31. The van der Waals surface area contributed by atoms with Crippen molar-refractivity contribution in [2.45, 2.75) is 45.4 Å². The van der Waals surface area contributed by atoms with Crippen LogP contribution in [0.3, 0.4) is 0 Å². The maximum Gasteiger partial charge on any atom is 0.0927 e. The molecule has 1 aliphatic heterocycles. The number of aromatic nitrogens is 1. The Morgan fingerprint density at radius 3 is 2.95 bits per heavy atom. The highest BCUT2D eigenvalue weighted by Crippen LogP contribution is 2.10. The molecule has 0 aromatic carbocycles. The zero-order chi connectivity index (χ0) is 13.7. The van der Waals surface area contributed by atoms with Gasteiger partial charge in [-0.15, -0.1) is 0 Å². The zero-order valence-corrected chi connectivity index (χ0v) is 11.8. The van der Waals surface area contributed by atoms with E-state index >= 15 is 0 Å². The highest BCUT2D eigenvalue weighted by molar-refractivity contribution is 5.14. The van der Waals surface area contributed by atoms with E-state index in [1.807, 2.05) is 6.20 Å². The summed E-state index contributed by atoms with van der Waals surface area (Å²) in [6.07, 6.45) is 3.41. The first-order valence-electron chi connectivity index (χ1n) is 7.08. The van der Waals surface area contributed by atoms with Gasteiger partial charge in [0.1, 0.15) is 0 Å². The molecule has 1 fully saturated rings. The second-order valence-corrected chi connectivity index (χ2v) is 5.67. The minimum Gasteiger partial charge on any atom is -0.389 e. The number of aliphatic hydroxyl groups is 1. The molecule has 0 aliphatic carbocycles. The minimum absolute atomic E-state index is 0.129. The van der Waals surface area contributed by atoms with Crippen LogP contribution in [0.2, 0.25) is 0 Å². The van der Waals surface area contributed by atoms with Gasteiger partial charge >= 0.3 is 0 Å². The van der Waals surface area contributed by atoms with Crippen molar-refractivity contribution in [2.75, 3.05) is 13.2 Å². The molecule has 2 atom stereocenters. The van der Waals surface area contributed by atoms with E-state index in [-0.39, 0.29) is 6.04 Å². The lowest BCUT2D eigenvalue weighted by Gasteiger charge is -2.28. The Hall–Kier alpha value is -0.970. The second-order valence-electron chi connectivity index (χ2n) is 5.67. The van der Waals surface area contributed by atoms with Gasteiger partial charge < -0.3 is 15.2 Å². The lowest BCUT2D eigenvalue weighted by molar-refractivity contribution is -0.0280. The summed E-state index contributed by atoms with van der Waals surface area (Å²) in [4.78, 5) is 4.47. The second kappa shape index (κ2) is 6.98. The summed E-state index contributed by atoms with van der Waals surface area (Å²) in [6, 6.07) is 4.34. The van der Waals surface area contributed by atoms with Crippen LogP contribution in [-0.2, 0) is 17.7 Å². The molecule has 0 spiro atoms. The molecule has 4 nitrogen and oxygen atoms in total. The maximum absolute atomic E-state index is 9.79. The van der Waals surface area contributed by atoms with Crippen LogP contribution in [0.4, 0.5) is 0 Å². The summed E-state index contributed by atoms with van der Waals surface area (Å²) in [5.41, 5.74) is 2.30. The smallest absolute Gasteiger partial charge is 0.0927 e. The highest BCUT2D eigenvalue weighted by Gasteiger charge is 2.22. The normalized spacial score (nSPS) is 23.8. The molecule has 1 saturated heterocycles. The van der Waals surface area contributed by atoms with Crippen LogP contribution in [0.15, 0.2) is 18.3 Å². The van der Waals surface area contributed by atoms with Crippen molar-refractivity contribution in [3.8, 4) is 0 Å². The van der Waals surface area contributed by atoms with Crippen molar-refractivity contribution in [3.05, 3.63) is 29.6 Å². The number of aliphatic hydroxyl groups excluding tert-OH is 1. The number of nitrogens with one attached hydrogen (secondary N) is 1. The van der Waals surface area contributed by atoms with E-state index < -0.39 is 6.10 Å². The lowest BCUT2D eigenvalue weighted by atomic mass is 10.1. The summed E-state index contributed by atoms with van der Waals surface area (Å²) < 4.78 is 5.21. The van der Waals surface area contributed by atoms with Crippen molar-refractivity contribution >= 4 is 0 Å². The molecule has 2 rings (SSSR count). The number of nitrogens with zero attached hydrogens (tertiary/aromatic N) is 1. The molecule has 0 bridgehead atoms. The van der Waals surface area contributed by atoms with Crippen molar-refractivity contribution in [1.82, 2.24) is 10.3 Å². The molecule has 1 aliphatic rings. The van der Waals surface area contributed by atoms with E-state index in [1.54, 1.807) is 0 Å². The molecule has 19 heavy (non-hydrogen) atoms. The van der Waals surface area contributed by atoms with E-state index in [0.29, 0.717) is 12.5 Å². The molecule has 2 N–H and O–H groups in total. The van der Waals surface area contributed by atoms with Crippen LogP contribution in [0, 0.1) is 5.92 Å². The molecule has 4 heteroatoms. The Kier molecular flexibility index (Phi) is 5.31. The third-order valence-corrected chi connectivity index (χ3v) is 3.40. The summed E-state index contributed by atoms with van der Waals surface area (Å²) in [7, 11) is 0. The number of pyridine rings is 1. The molecule has 0 unspecified atom stereocenters. The fourth-order valence-electron chi connectivity index (χ4n) is 2.31. The van der Waals surface area contributed by atoms with Gasteiger partial charge in [0.2, 0.25) is 0 Å². The Balaban J connectivity index is 1.82. The van der Waals surface area contributed by atoms with Crippen molar-refractivity contribution in [3.63, 3.8) is 0 Å². The van der Waals surface area contributed by atoms with Crippen LogP contribution in [0.5, 0.6) is 0 Å². The van der Waals surface area contributed by atoms with Gasteiger partial charge in [0.05, 0.1) is 12.7 Å². The van der Waals surface area contributed by atoms with E-state index in [4.69, 9.17) is 4.74 Å². The monoisotopic (exact) mass is 264 g/mol. The zero-order valence-electron chi connectivity index (χ0n) is 11.8. The van der Waals surface area contributed by atoms with Gasteiger partial charge in [0.25, 0.3) is 0 Å². The van der Waals surface area contributed by atoms with Gasteiger partial charge in [0.15, 0.2) is 0 Å². The number of hydrogen-bond acceptors (Lipinski definition) is 4. The van der Waals surface area contributed by atoms with Gasteiger partial charge in [-0.25, -0.2) is 0 Å². The van der Waals surface area contributed by atoms with Crippen molar-refractivity contribution in [2.24, 2.45) is 5.92 Å². The van der Waals surface area contributed by atoms with E-state index in [0.717, 1.165) is 37.3 Å². The van der Waals surface area contributed by atoms with Crippen LogP contribution in [0.1, 0.15) is 31.5 Å². The summed E-state index contributed by atoms with van der Waals surface area (Å²) in [5, 5.41) is 13.2. The average Bonchev–Trinajstić information content (AvgIpc) is 2.39. The maximum atomic E-state index is 9.79.